The van der Waals surface area contributed by atoms with Crippen molar-refractivity contribution in [1.82, 2.24) is 10.3 Å². The summed E-state index contributed by atoms with van der Waals surface area (Å²) in [7, 11) is 2.04. The van der Waals surface area contributed by atoms with Crippen molar-refractivity contribution in [2.45, 2.75) is 18.9 Å². The number of aromatic nitrogens is 1. The quantitative estimate of drug-likeness (QED) is 0.775. The highest BCUT2D eigenvalue weighted by Crippen LogP contribution is 2.21. The van der Waals surface area contributed by atoms with Gasteiger partial charge in [-0.25, -0.2) is 4.98 Å². The summed E-state index contributed by atoms with van der Waals surface area (Å²) >= 11 is 1.73. The van der Waals surface area contributed by atoms with Crippen LogP contribution in [0.5, 0.6) is 0 Å². The van der Waals surface area contributed by atoms with Crippen LogP contribution in [0.25, 0.3) is 0 Å². The van der Waals surface area contributed by atoms with Gasteiger partial charge in [0.25, 0.3) is 0 Å². The first-order chi connectivity index (χ1) is 6.40. The zero-order chi connectivity index (χ0) is 9.10. The monoisotopic (exact) mass is 197 g/mol. The number of rotatable bonds is 2. The van der Waals surface area contributed by atoms with Gasteiger partial charge in [-0.2, -0.15) is 0 Å². The summed E-state index contributed by atoms with van der Waals surface area (Å²) in [5.74, 6) is 0. The van der Waals surface area contributed by atoms with Crippen LogP contribution in [0, 0.1) is 0 Å². The molecule has 0 bridgehead atoms. The van der Waals surface area contributed by atoms with Crippen LogP contribution in [0.4, 0.5) is 5.13 Å². The number of likely N-dealkylation sites (N-methyl/N-ethyl adjacent to an activating group) is 1. The lowest BCUT2D eigenvalue weighted by molar-refractivity contribution is 0.449. The van der Waals surface area contributed by atoms with Crippen LogP contribution < -0.4 is 10.2 Å². The fourth-order valence-electron chi connectivity index (χ4n) is 1.76. The summed E-state index contributed by atoms with van der Waals surface area (Å²) in [6, 6.07) is 0.637. The van der Waals surface area contributed by atoms with Crippen molar-refractivity contribution < 1.29 is 0 Å². The molecule has 0 saturated carbocycles. The van der Waals surface area contributed by atoms with Crippen molar-refractivity contribution in [3.63, 3.8) is 0 Å². The van der Waals surface area contributed by atoms with Gasteiger partial charge in [0.1, 0.15) is 0 Å². The van der Waals surface area contributed by atoms with E-state index < -0.39 is 0 Å². The third-order valence-corrected chi connectivity index (χ3v) is 3.35. The molecule has 0 aliphatic carbocycles. The third kappa shape index (κ3) is 2.00. The number of thiazole rings is 1. The molecule has 1 atom stereocenters. The Hall–Kier alpha value is -0.610. The summed E-state index contributed by atoms with van der Waals surface area (Å²) in [6.07, 6.45) is 4.44. The van der Waals surface area contributed by atoms with Gasteiger partial charge in [-0.3, -0.25) is 0 Å². The van der Waals surface area contributed by atoms with Crippen molar-refractivity contribution in [3.05, 3.63) is 11.6 Å². The Morgan fingerprint density at radius 1 is 1.69 bits per heavy atom. The second kappa shape index (κ2) is 4.07. The van der Waals surface area contributed by atoms with Crippen LogP contribution in [0.1, 0.15) is 12.8 Å². The average molecular weight is 197 g/mol. The lowest BCUT2D eigenvalue weighted by Crippen LogP contribution is -2.44. The van der Waals surface area contributed by atoms with Gasteiger partial charge in [-0.15, -0.1) is 11.3 Å². The van der Waals surface area contributed by atoms with E-state index in [1.165, 1.54) is 18.0 Å². The SMILES string of the molecule is CNC1CCCN(c2nccs2)C1. The van der Waals surface area contributed by atoms with Crippen molar-refractivity contribution in [2.75, 3.05) is 25.0 Å². The first kappa shape index (κ1) is 8.97. The number of nitrogens with zero attached hydrogens (tertiary/aromatic N) is 2. The fourth-order valence-corrected chi connectivity index (χ4v) is 2.44. The summed E-state index contributed by atoms with van der Waals surface area (Å²) in [4.78, 5) is 6.70. The first-order valence-corrected chi connectivity index (χ1v) is 5.60. The topological polar surface area (TPSA) is 28.2 Å². The second-order valence-corrected chi connectivity index (χ2v) is 4.26. The van der Waals surface area contributed by atoms with Crippen LogP contribution in [0.15, 0.2) is 11.6 Å². The molecule has 1 aliphatic heterocycles. The van der Waals surface area contributed by atoms with E-state index in [0.29, 0.717) is 6.04 Å². The largest absolute Gasteiger partial charge is 0.347 e. The van der Waals surface area contributed by atoms with Crippen molar-refractivity contribution in [2.24, 2.45) is 0 Å². The van der Waals surface area contributed by atoms with Gasteiger partial charge in [0, 0.05) is 30.7 Å². The predicted molar refractivity (Wildman–Crippen MR) is 56.4 cm³/mol. The Balaban J connectivity index is 2.00. The third-order valence-electron chi connectivity index (χ3n) is 2.52. The van der Waals surface area contributed by atoms with Gasteiger partial charge in [0.15, 0.2) is 5.13 Å². The van der Waals surface area contributed by atoms with Crippen LogP contribution in [0.3, 0.4) is 0 Å². The molecule has 4 heteroatoms. The molecular formula is C9H15N3S. The molecule has 72 valence electrons. The summed E-state index contributed by atoms with van der Waals surface area (Å²) in [5.41, 5.74) is 0. The van der Waals surface area contributed by atoms with Gasteiger partial charge < -0.3 is 10.2 Å². The maximum atomic E-state index is 4.33. The zero-order valence-corrected chi connectivity index (χ0v) is 8.68. The number of hydrogen-bond acceptors (Lipinski definition) is 4. The number of nitrogens with one attached hydrogen (secondary N) is 1. The van der Waals surface area contributed by atoms with Gasteiger partial charge in [0.2, 0.25) is 0 Å². The molecule has 1 fully saturated rings. The highest BCUT2D eigenvalue weighted by Gasteiger charge is 2.19. The van der Waals surface area contributed by atoms with Gasteiger partial charge in [0.05, 0.1) is 0 Å². The van der Waals surface area contributed by atoms with Crippen molar-refractivity contribution in [3.8, 4) is 0 Å². The van der Waals surface area contributed by atoms with E-state index in [1.54, 1.807) is 11.3 Å². The van der Waals surface area contributed by atoms with Gasteiger partial charge in [-0.1, -0.05) is 0 Å². The van der Waals surface area contributed by atoms with Gasteiger partial charge in [-0.05, 0) is 19.9 Å². The minimum Gasteiger partial charge on any atom is -0.347 e. The Kier molecular flexibility index (Phi) is 2.80. The predicted octanol–water partition coefficient (Wildman–Crippen LogP) is 1.33. The molecule has 2 heterocycles. The zero-order valence-electron chi connectivity index (χ0n) is 7.86. The standard InChI is InChI=1S/C9H15N3S/c1-10-8-3-2-5-12(7-8)9-11-4-6-13-9/h4,6,8,10H,2-3,5,7H2,1H3. The smallest absolute Gasteiger partial charge is 0.185 e. The Bertz CT molecular complexity index is 247. The molecule has 2 rings (SSSR count). The first-order valence-electron chi connectivity index (χ1n) is 4.72. The van der Waals surface area contributed by atoms with E-state index in [1.807, 2.05) is 18.6 Å². The summed E-state index contributed by atoms with van der Waals surface area (Å²) in [5, 5.41) is 6.54. The van der Waals surface area contributed by atoms with E-state index >= 15 is 0 Å². The van der Waals surface area contributed by atoms with E-state index in [-0.39, 0.29) is 0 Å². The van der Waals surface area contributed by atoms with Crippen LogP contribution in [-0.4, -0.2) is 31.2 Å². The van der Waals surface area contributed by atoms with E-state index in [2.05, 4.69) is 15.2 Å². The second-order valence-electron chi connectivity index (χ2n) is 3.39. The number of anilines is 1. The molecule has 0 aromatic carbocycles. The average Bonchev–Trinajstić information content (AvgIpc) is 2.71. The lowest BCUT2D eigenvalue weighted by Gasteiger charge is -2.32. The van der Waals surface area contributed by atoms with Crippen molar-refractivity contribution >= 4 is 16.5 Å². The van der Waals surface area contributed by atoms with E-state index in [9.17, 15) is 0 Å². The minimum absolute atomic E-state index is 0.637. The van der Waals surface area contributed by atoms with E-state index in [0.717, 1.165) is 13.1 Å². The Morgan fingerprint density at radius 2 is 2.62 bits per heavy atom. The molecule has 3 nitrogen and oxygen atoms in total. The molecule has 1 saturated heterocycles. The molecular weight excluding hydrogens is 182 g/mol. The Morgan fingerprint density at radius 3 is 3.31 bits per heavy atom. The lowest BCUT2D eigenvalue weighted by atomic mass is 10.1. The molecule has 1 N–H and O–H groups in total. The van der Waals surface area contributed by atoms with Crippen LogP contribution in [-0.2, 0) is 0 Å². The maximum absolute atomic E-state index is 4.33. The number of piperidine rings is 1. The summed E-state index contributed by atoms with van der Waals surface area (Å²) < 4.78 is 0. The molecule has 0 radical (unpaired) electrons. The molecule has 1 unspecified atom stereocenters. The molecule has 1 aromatic rings. The van der Waals surface area contributed by atoms with Crippen molar-refractivity contribution in [1.29, 1.82) is 0 Å². The molecule has 0 amide bonds. The molecule has 0 spiro atoms. The normalized spacial score (nSPS) is 23.5. The molecule has 1 aliphatic rings. The maximum Gasteiger partial charge on any atom is 0.185 e. The van der Waals surface area contributed by atoms with E-state index in [4.69, 9.17) is 0 Å². The van der Waals surface area contributed by atoms with Crippen LogP contribution >= 0.6 is 11.3 Å². The highest BCUT2D eigenvalue weighted by atomic mass is 32.1. The molecule has 1 aromatic heterocycles. The van der Waals surface area contributed by atoms with Crippen LogP contribution in [0.2, 0.25) is 0 Å². The summed E-state index contributed by atoms with van der Waals surface area (Å²) in [6.45, 7) is 2.26. The highest BCUT2D eigenvalue weighted by molar-refractivity contribution is 7.13. The fraction of sp³-hybridized carbons (Fsp3) is 0.667. The Labute approximate surface area is 82.8 Å². The number of hydrogen-bond donors (Lipinski definition) is 1. The molecule has 13 heavy (non-hydrogen) atoms. The minimum atomic E-state index is 0.637. The van der Waals surface area contributed by atoms with Gasteiger partial charge >= 0.3 is 0 Å².